The van der Waals surface area contributed by atoms with E-state index in [0.717, 1.165) is 65.5 Å². The number of hydrogen-bond donors (Lipinski definition) is 7. The lowest BCUT2D eigenvalue weighted by Gasteiger charge is -2.36. The minimum absolute atomic E-state index is 0.198. The molecule has 3 aromatic carbocycles. The molecule has 2 heterocycles. The van der Waals surface area contributed by atoms with Crippen LogP contribution in [0.15, 0.2) is 71.2 Å². The van der Waals surface area contributed by atoms with Crippen molar-refractivity contribution in [3.8, 4) is 0 Å². The SMILES string of the molecule is CC[C@H](CNCc1cc([C@@H](c2ccc3c(c2C)NNN3CC)C(C)(C)C(=O)NC(=NCc2nccs2)NNN)ccc1C)Cc1ccccc1C. The summed E-state index contributed by atoms with van der Waals surface area (Å²) < 4.78 is 0. The Morgan fingerprint density at radius 2 is 1.84 bits per heavy atom. The minimum Gasteiger partial charge on any atom is -0.312 e. The van der Waals surface area contributed by atoms with Crippen molar-refractivity contribution in [1.29, 1.82) is 0 Å². The number of hydrogen-bond acceptors (Lipinski definition) is 10. The monoisotopic (exact) mass is 710 g/mol. The molecule has 1 aliphatic heterocycles. The normalized spacial score (nSPS) is 14.2. The van der Waals surface area contributed by atoms with Crippen LogP contribution in [0.1, 0.15) is 84.0 Å². The number of aliphatic imine (C=N–C) groups is 1. The van der Waals surface area contributed by atoms with E-state index in [9.17, 15) is 4.79 Å². The van der Waals surface area contributed by atoms with Gasteiger partial charge in [0.05, 0.1) is 23.3 Å². The van der Waals surface area contributed by atoms with Crippen LogP contribution in [0.4, 0.5) is 11.4 Å². The summed E-state index contributed by atoms with van der Waals surface area (Å²) in [5.41, 5.74) is 21.4. The van der Waals surface area contributed by atoms with Crippen LogP contribution in [0.2, 0.25) is 0 Å². The van der Waals surface area contributed by atoms with Crippen LogP contribution in [0.5, 0.6) is 0 Å². The number of nitrogens with one attached hydrogen (secondary N) is 6. The zero-order valence-electron chi connectivity index (χ0n) is 31.0. The predicted molar refractivity (Wildman–Crippen MR) is 210 cm³/mol. The number of rotatable bonds is 15. The van der Waals surface area contributed by atoms with Gasteiger partial charge in [0.2, 0.25) is 11.9 Å². The number of thiazole rings is 1. The summed E-state index contributed by atoms with van der Waals surface area (Å²) in [7, 11) is 0. The number of carbonyl (C=O) groups excluding carboxylic acids is 1. The van der Waals surface area contributed by atoms with Gasteiger partial charge in [-0.15, -0.1) is 16.9 Å². The number of guanidine groups is 1. The summed E-state index contributed by atoms with van der Waals surface area (Å²) >= 11 is 1.50. The van der Waals surface area contributed by atoms with E-state index in [-0.39, 0.29) is 17.8 Å². The third-order valence-electron chi connectivity index (χ3n) is 10.1. The molecule has 11 nitrogen and oxygen atoms in total. The number of aromatic nitrogens is 1. The first-order valence-electron chi connectivity index (χ1n) is 17.8. The second-order valence-electron chi connectivity index (χ2n) is 13.8. The molecule has 5 rings (SSSR count). The van der Waals surface area contributed by atoms with Gasteiger partial charge in [0.1, 0.15) is 5.01 Å². The molecule has 0 fully saturated rings. The van der Waals surface area contributed by atoms with Crippen molar-refractivity contribution in [2.75, 3.05) is 23.5 Å². The summed E-state index contributed by atoms with van der Waals surface area (Å²) in [5.74, 6) is 5.88. The third-order valence-corrected chi connectivity index (χ3v) is 10.9. The van der Waals surface area contributed by atoms with Crippen LogP contribution < -0.4 is 43.4 Å². The Balaban J connectivity index is 1.45. The van der Waals surface area contributed by atoms with E-state index in [1.165, 1.54) is 33.6 Å². The van der Waals surface area contributed by atoms with Gasteiger partial charge in [-0.05, 0) is 91.6 Å². The highest BCUT2D eigenvalue weighted by Crippen LogP contribution is 2.46. The average Bonchev–Trinajstić information content (AvgIpc) is 3.80. The topological polar surface area (TPSA) is 144 Å². The van der Waals surface area contributed by atoms with Crippen molar-refractivity contribution in [2.45, 2.75) is 80.3 Å². The Labute approximate surface area is 306 Å². The molecule has 1 aromatic heterocycles. The van der Waals surface area contributed by atoms with Gasteiger partial charge in [-0.25, -0.2) is 9.98 Å². The van der Waals surface area contributed by atoms with E-state index in [2.05, 4.69) is 137 Å². The van der Waals surface area contributed by atoms with E-state index in [0.29, 0.717) is 12.5 Å². The summed E-state index contributed by atoms with van der Waals surface area (Å²) in [6.07, 6.45) is 3.89. The maximum absolute atomic E-state index is 14.4. The molecule has 0 saturated heterocycles. The number of carbonyl (C=O) groups is 1. The van der Waals surface area contributed by atoms with Gasteiger partial charge in [0.25, 0.3) is 0 Å². The quantitative estimate of drug-likeness (QED) is 0.0348. The van der Waals surface area contributed by atoms with E-state index >= 15 is 0 Å². The minimum atomic E-state index is -0.922. The van der Waals surface area contributed by atoms with Crippen LogP contribution in [-0.4, -0.2) is 29.9 Å². The maximum atomic E-state index is 14.4. The Morgan fingerprint density at radius 1 is 1.06 bits per heavy atom. The molecule has 12 heteroatoms. The van der Waals surface area contributed by atoms with Crippen molar-refractivity contribution >= 4 is 34.6 Å². The number of fused-ring (bicyclic) bond motifs is 1. The summed E-state index contributed by atoms with van der Waals surface area (Å²) in [6.45, 7) is 17.6. The van der Waals surface area contributed by atoms with Crippen molar-refractivity contribution in [1.82, 2.24) is 32.1 Å². The van der Waals surface area contributed by atoms with Crippen molar-refractivity contribution in [3.05, 3.63) is 110 Å². The summed E-state index contributed by atoms with van der Waals surface area (Å²) in [5, 5.41) is 11.6. The summed E-state index contributed by atoms with van der Waals surface area (Å²) in [4.78, 5) is 23.2. The molecule has 2 atom stereocenters. The zero-order chi connectivity index (χ0) is 36.5. The van der Waals surface area contributed by atoms with Crippen LogP contribution in [0, 0.1) is 32.1 Å². The number of benzene rings is 3. The van der Waals surface area contributed by atoms with Crippen molar-refractivity contribution < 1.29 is 4.79 Å². The predicted octanol–water partition coefficient (Wildman–Crippen LogP) is 5.90. The third kappa shape index (κ3) is 8.95. The van der Waals surface area contributed by atoms with Crippen LogP contribution in [0.3, 0.4) is 0 Å². The van der Waals surface area contributed by atoms with Gasteiger partial charge in [0, 0.05) is 30.6 Å². The van der Waals surface area contributed by atoms with E-state index < -0.39 is 5.41 Å². The van der Waals surface area contributed by atoms with Crippen molar-refractivity contribution in [3.63, 3.8) is 0 Å². The molecular weight excluding hydrogens is 657 g/mol. The lowest BCUT2D eigenvalue weighted by molar-refractivity contribution is -0.128. The molecule has 51 heavy (non-hydrogen) atoms. The highest BCUT2D eigenvalue weighted by molar-refractivity contribution is 7.09. The molecule has 0 spiro atoms. The molecule has 0 aliphatic carbocycles. The molecule has 1 amide bonds. The number of anilines is 2. The van der Waals surface area contributed by atoms with Gasteiger partial charge in [-0.2, -0.15) is 5.53 Å². The second kappa shape index (κ2) is 17.3. The maximum Gasteiger partial charge on any atom is 0.233 e. The number of amides is 1. The number of nitrogens with zero attached hydrogens (tertiary/aromatic N) is 3. The fraction of sp³-hybridized carbons (Fsp3) is 0.410. The molecule has 0 radical (unpaired) electrons. The zero-order valence-corrected chi connectivity index (χ0v) is 31.8. The standard InChI is InChI=1S/C39H54N10OS/c1-8-28(20-29-13-11-10-12-25(29)3)22-41-23-31-21-30(15-14-26(31)4)35(32-16-17-33-36(27(32)5)45-48-49(33)9-2)39(6,7)37(50)44-38(46-47-40)43-24-34-42-18-19-51-34/h10-19,21,28,35,41,45,47-48H,8-9,20,22-24,40H2,1-7H3,(H2,43,44,46,50)/t28-,35-/m0/s1. The van der Waals surface area contributed by atoms with E-state index in [4.69, 9.17) is 5.84 Å². The fourth-order valence-electron chi connectivity index (χ4n) is 6.87. The molecule has 1 aliphatic rings. The Bertz CT molecular complexity index is 1810. The second-order valence-corrected chi connectivity index (χ2v) is 14.8. The Morgan fingerprint density at radius 3 is 2.55 bits per heavy atom. The largest absolute Gasteiger partial charge is 0.312 e. The number of hydrazine groups is 4. The lowest BCUT2D eigenvalue weighted by atomic mass is 9.69. The molecule has 8 N–H and O–H groups in total. The average molecular weight is 711 g/mol. The van der Waals surface area contributed by atoms with E-state index in [1.807, 2.05) is 19.2 Å². The Kier molecular flexibility index (Phi) is 12.8. The van der Waals surface area contributed by atoms with Crippen LogP contribution in [0.25, 0.3) is 0 Å². The molecule has 272 valence electrons. The molecule has 0 bridgehead atoms. The van der Waals surface area contributed by atoms with Gasteiger partial charge >= 0.3 is 0 Å². The van der Waals surface area contributed by atoms with Crippen LogP contribution in [-0.2, 0) is 24.3 Å². The van der Waals surface area contributed by atoms with Gasteiger partial charge in [0.15, 0.2) is 0 Å². The van der Waals surface area contributed by atoms with Crippen molar-refractivity contribution in [2.24, 2.45) is 22.2 Å². The Hall–Kier alpha value is -4.33. The molecule has 4 aromatic rings. The fourth-order valence-corrected chi connectivity index (χ4v) is 7.41. The van der Waals surface area contributed by atoms with E-state index in [1.54, 1.807) is 6.20 Å². The lowest BCUT2D eigenvalue weighted by Crippen LogP contribution is -2.53. The molecule has 0 saturated carbocycles. The smallest absolute Gasteiger partial charge is 0.233 e. The highest BCUT2D eigenvalue weighted by Gasteiger charge is 2.41. The molecular formula is C39H54N10OS. The van der Waals surface area contributed by atoms with Gasteiger partial charge in [-0.3, -0.25) is 26.4 Å². The first-order chi connectivity index (χ1) is 24.6. The first kappa shape index (κ1) is 37.9. The van der Waals surface area contributed by atoms with Crippen LogP contribution >= 0.6 is 11.3 Å². The number of aryl methyl sites for hydroxylation is 2. The molecule has 0 unspecified atom stereocenters. The van der Waals surface area contributed by atoms with Gasteiger partial charge < -0.3 is 10.7 Å². The number of nitrogens with two attached hydrogens (primary N) is 1. The van der Waals surface area contributed by atoms with Gasteiger partial charge in [-0.1, -0.05) is 75.7 Å². The highest BCUT2D eigenvalue weighted by atomic mass is 32.1. The first-order valence-corrected chi connectivity index (χ1v) is 18.7. The summed E-state index contributed by atoms with van der Waals surface area (Å²) in [6, 6.07) is 19.6.